The SMILES string of the molecule is C=C(Cl)C(=O)NC1(C#N)CCSC1. The topological polar surface area (TPSA) is 52.9 Å². The molecule has 1 unspecified atom stereocenters. The molecular weight excluding hydrogens is 208 g/mol. The molecule has 1 amide bonds. The molecule has 0 aromatic rings. The second-order valence-corrected chi connectivity index (χ2v) is 4.42. The fourth-order valence-electron chi connectivity index (χ4n) is 1.06. The molecule has 0 aliphatic carbocycles. The van der Waals surface area contributed by atoms with Gasteiger partial charge in [-0.3, -0.25) is 4.79 Å². The number of amides is 1. The van der Waals surface area contributed by atoms with Crippen LogP contribution in [0.15, 0.2) is 11.6 Å². The molecule has 1 aliphatic rings. The van der Waals surface area contributed by atoms with Gasteiger partial charge in [0.25, 0.3) is 5.91 Å². The molecule has 0 bridgehead atoms. The monoisotopic (exact) mass is 216 g/mol. The van der Waals surface area contributed by atoms with E-state index >= 15 is 0 Å². The van der Waals surface area contributed by atoms with Gasteiger partial charge >= 0.3 is 0 Å². The van der Waals surface area contributed by atoms with Gasteiger partial charge in [-0.05, 0) is 12.2 Å². The van der Waals surface area contributed by atoms with Crippen LogP contribution in [-0.4, -0.2) is 23.0 Å². The highest BCUT2D eigenvalue weighted by Crippen LogP contribution is 2.27. The van der Waals surface area contributed by atoms with Crippen LogP contribution >= 0.6 is 23.4 Å². The van der Waals surface area contributed by atoms with Crippen LogP contribution in [0.3, 0.4) is 0 Å². The molecule has 13 heavy (non-hydrogen) atoms. The Kier molecular flexibility index (Phi) is 3.23. The number of nitriles is 1. The van der Waals surface area contributed by atoms with Gasteiger partial charge in [0.2, 0.25) is 0 Å². The van der Waals surface area contributed by atoms with Crippen molar-refractivity contribution in [1.29, 1.82) is 5.26 Å². The molecular formula is C8H9ClN2OS. The highest BCUT2D eigenvalue weighted by atomic mass is 35.5. The first-order valence-electron chi connectivity index (χ1n) is 3.75. The van der Waals surface area contributed by atoms with Crippen molar-refractivity contribution < 1.29 is 4.79 Å². The summed E-state index contributed by atoms with van der Waals surface area (Å²) in [6.45, 7) is 3.30. The van der Waals surface area contributed by atoms with Crippen LogP contribution in [0.25, 0.3) is 0 Å². The molecule has 70 valence electrons. The zero-order chi connectivity index (χ0) is 9.90. The third kappa shape index (κ3) is 2.39. The van der Waals surface area contributed by atoms with E-state index in [9.17, 15) is 4.79 Å². The number of carbonyl (C=O) groups is 1. The van der Waals surface area contributed by atoms with Gasteiger partial charge in [0.1, 0.15) is 5.54 Å². The van der Waals surface area contributed by atoms with Crippen molar-refractivity contribution >= 4 is 29.3 Å². The van der Waals surface area contributed by atoms with E-state index in [1.807, 2.05) is 0 Å². The summed E-state index contributed by atoms with van der Waals surface area (Å²) >= 11 is 7.05. The zero-order valence-electron chi connectivity index (χ0n) is 6.97. The Balaban J connectivity index is 2.65. The molecule has 0 aromatic heterocycles. The van der Waals surface area contributed by atoms with Gasteiger partial charge in [-0.1, -0.05) is 18.2 Å². The van der Waals surface area contributed by atoms with Crippen LogP contribution in [0.1, 0.15) is 6.42 Å². The molecule has 1 saturated heterocycles. The predicted molar refractivity (Wildman–Crippen MR) is 53.4 cm³/mol. The van der Waals surface area contributed by atoms with Gasteiger partial charge in [0, 0.05) is 5.75 Å². The Bertz CT molecular complexity index is 278. The number of hydrogen-bond acceptors (Lipinski definition) is 3. The van der Waals surface area contributed by atoms with Crippen molar-refractivity contribution in [1.82, 2.24) is 5.32 Å². The van der Waals surface area contributed by atoms with Crippen LogP contribution < -0.4 is 5.32 Å². The molecule has 1 fully saturated rings. The van der Waals surface area contributed by atoms with E-state index in [2.05, 4.69) is 18.0 Å². The minimum Gasteiger partial charge on any atom is -0.332 e. The fraction of sp³-hybridized carbons (Fsp3) is 0.500. The van der Waals surface area contributed by atoms with Crippen molar-refractivity contribution in [2.24, 2.45) is 0 Å². The number of hydrogen-bond donors (Lipinski definition) is 1. The molecule has 1 N–H and O–H groups in total. The van der Waals surface area contributed by atoms with E-state index in [1.165, 1.54) is 0 Å². The first-order valence-corrected chi connectivity index (χ1v) is 5.29. The maximum Gasteiger partial charge on any atom is 0.263 e. The number of rotatable bonds is 2. The number of nitrogens with zero attached hydrogens (tertiary/aromatic N) is 1. The van der Waals surface area contributed by atoms with Gasteiger partial charge in [0.15, 0.2) is 0 Å². The Hall–Kier alpha value is -0.660. The first kappa shape index (κ1) is 10.4. The lowest BCUT2D eigenvalue weighted by atomic mass is 10.0. The summed E-state index contributed by atoms with van der Waals surface area (Å²) < 4.78 is 0. The van der Waals surface area contributed by atoms with Crippen molar-refractivity contribution in [3.05, 3.63) is 11.6 Å². The fourth-order valence-corrected chi connectivity index (χ4v) is 2.38. The van der Waals surface area contributed by atoms with E-state index in [4.69, 9.17) is 16.9 Å². The lowest BCUT2D eigenvalue weighted by molar-refractivity contribution is -0.117. The second-order valence-electron chi connectivity index (χ2n) is 2.86. The molecule has 5 heteroatoms. The zero-order valence-corrected chi connectivity index (χ0v) is 8.54. The number of carbonyl (C=O) groups excluding carboxylic acids is 1. The second kappa shape index (κ2) is 4.03. The Morgan fingerprint density at radius 1 is 1.77 bits per heavy atom. The van der Waals surface area contributed by atoms with E-state index in [1.54, 1.807) is 11.8 Å². The van der Waals surface area contributed by atoms with Gasteiger partial charge in [-0.2, -0.15) is 17.0 Å². The summed E-state index contributed by atoms with van der Waals surface area (Å²) in [7, 11) is 0. The molecule has 1 atom stereocenters. The Labute approximate surface area is 86.1 Å². The van der Waals surface area contributed by atoms with Crippen LogP contribution in [0.5, 0.6) is 0 Å². The number of halogens is 1. The predicted octanol–water partition coefficient (Wildman–Crippen LogP) is 1.25. The summed E-state index contributed by atoms with van der Waals surface area (Å²) in [5.74, 6) is 1.06. The summed E-state index contributed by atoms with van der Waals surface area (Å²) in [5, 5.41) is 11.4. The van der Waals surface area contributed by atoms with Crippen molar-refractivity contribution in [3.63, 3.8) is 0 Å². The molecule has 3 nitrogen and oxygen atoms in total. The van der Waals surface area contributed by atoms with Crippen molar-refractivity contribution in [2.45, 2.75) is 12.0 Å². The number of nitrogens with one attached hydrogen (secondary N) is 1. The van der Waals surface area contributed by atoms with E-state index in [0.29, 0.717) is 12.2 Å². The Morgan fingerprint density at radius 2 is 2.46 bits per heavy atom. The van der Waals surface area contributed by atoms with Crippen LogP contribution in [0, 0.1) is 11.3 Å². The maximum absolute atomic E-state index is 11.2. The van der Waals surface area contributed by atoms with Crippen LogP contribution in [0.2, 0.25) is 0 Å². The largest absolute Gasteiger partial charge is 0.332 e. The molecule has 0 radical (unpaired) electrons. The molecule has 1 rings (SSSR count). The molecule has 0 spiro atoms. The third-order valence-corrected chi connectivity index (χ3v) is 3.20. The minimum atomic E-state index is -0.737. The first-order chi connectivity index (χ1) is 6.09. The standard InChI is InChI=1S/C8H9ClN2OS/c1-6(9)7(12)11-8(4-10)2-3-13-5-8/h1-3,5H2,(H,11,12). The molecule has 1 aliphatic heterocycles. The third-order valence-electron chi connectivity index (χ3n) is 1.83. The van der Waals surface area contributed by atoms with E-state index in [-0.39, 0.29) is 5.03 Å². The molecule has 1 heterocycles. The summed E-state index contributed by atoms with van der Waals surface area (Å²) in [6.07, 6.45) is 0.671. The van der Waals surface area contributed by atoms with E-state index < -0.39 is 11.4 Å². The summed E-state index contributed by atoms with van der Waals surface area (Å²) in [5.41, 5.74) is -0.737. The lowest BCUT2D eigenvalue weighted by Gasteiger charge is -2.20. The lowest BCUT2D eigenvalue weighted by Crippen LogP contribution is -2.47. The highest BCUT2D eigenvalue weighted by molar-refractivity contribution is 7.99. The van der Waals surface area contributed by atoms with Gasteiger partial charge in [-0.15, -0.1) is 0 Å². The molecule has 0 saturated carbocycles. The van der Waals surface area contributed by atoms with Crippen molar-refractivity contribution in [2.75, 3.05) is 11.5 Å². The average Bonchev–Trinajstić information content (AvgIpc) is 2.54. The smallest absolute Gasteiger partial charge is 0.263 e. The Morgan fingerprint density at radius 3 is 2.85 bits per heavy atom. The molecule has 0 aromatic carbocycles. The average molecular weight is 217 g/mol. The highest BCUT2D eigenvalue weighted by Gasteiger charge is 2.36. The quantitative estimate of drug-likeness (QED) is 0.707. The summed E-state index contributed by atoms with van der Waals surface area (Å²) in [4.78, 5) is 11.2. The van der Waals surface area contributed by atoms with Gasteiger partial charge < -0.3 is 5.32 Å². The normalized spacial score (nSPS) is 26.5. The minimum absolute atomic E-state index is 0.0773. The van der Waals surface area contributed by atoms with Crippen LogP contribution in [-0.2, 0) is 4.79 Å². The van der Waals surface area contributed by atoms with E-state index in [0.717, 1.165) is 5.75 Å². The summed E-state index contributed by atoms with van der Waals surface area (Å²) in [6, 6.07) is 2.11. The van der Waals surface area contributed by atoms with Crippen LogP contribution in [0.4, 0.5) is 0 Å². The van der Waals surface area contributed by atoms with Gasteiger partial charge in [-0.25, -0.2) is 0 Å². The van der Waals surface area contributed by atoms with Gasteiger partial charge in [0.05, 0.1) is 11.1 Å². The number of thioether (sulfide) groups is 1. The van der Waals surface area contributed by atoms with Crippen molar-refractivity contribution in [3.8, 4) is 6.07 Å². The maximum atomic E-state index is 11.2.